The van der Waals surface area contributed by atoms with Crippen LogP contribution in [0.25, 0.3) is 0 Å². The van der Waals surface area contributed by atoms with Crippen molar-refractivity contribution >= 4 is 11.8 Å². The second-order valence-corrected chi connectivity index (χ2v) is 9.14. The Labute approximate surface area is 167 Å². The van der Waals surface area contributed by atoms with Crippen molar-refractivity contribution in [3.05, 3.63) is 35.9 Å². The highest BCUT2D eigenvalue weighted by molar-refractivity contribution is 5.78. The van der Waals surface area contributed by atoms with Crippen LogP contribution in [0.5, 0.6) is 0 Å². The first-order valence-electron chi connectivity index (χ1n) is 10.8. The monoisotopic (exact) mass is 384 g/mol. The average molecular weight is 385 g/mol. The SMILES string of the molecule is O=C(CCc1ccccc1)NC1CCC12CCN(C(=O)CC1(O)CCC1)CC2. The van der Waals surface area contributed by atoms with Gasteiger partial charge in [0.15, 0.2) is 0 Å². The Hall–Kier alpha value is -1.88. The third-order valence-corrected chi connectivity index (χ3v) is 7.37. The number of benzene rings is 1. The molecular formula is C23H32N2O3. The van der Waals surface area contributed by atoms with E-state index in [4.69, 9.17) is 0 Å². The first-order chi connectivity index (χ1) is 13.5. The maximum Gasteiger partial charge on any atom is 0.225 e. The fourth-order valence-corrected chi connectivity index (χ4v) is 5.05. The zero-order valence-corrected chi connectivity index (χ0v) is 16.7. The van der Waals surface area contributed by atoms with Gasteiger partial charge in [-0.3, -0.25) is 9.59 Å². The van der Waals surface area contributed by atoms with Gasteiger partial charge in [0.25, 0.3) is 0 Å². The Kier molecular flexibility index (Phi) is 5.46. The van der Waals surface area contributed by atoms with Crippen LogP contribution >= 0.6 is 0 Å². The molecule has 1 spiro atoms. The highest BCUT2D eigenvalue weighted by Crippen LogP contribution is 2.49. The van der Waals surface area contributed by atoms with Crippen LogP contribution in [0.15, 0.2) is 30.3 Å². The molecule has 2 saturated carbocycles. The van der Waals surface area contributed by atoms with Crippen molar-refractivity contribution < 1.29 is 14.7 Å². The Morgan fingerprint density at radius 1 is 1.07 bits per heavy atom. The van der Waals surface area contributed by atoms with Gasteiger partial charge in [-0.05, 0) is 62.3 Å². The second-order valence-electron chi connectivity index (χ2n) is 9.14. The van der Waals surface area contributed by atoms with Crippen LogP contribution in [0, 0.1) is 5.41 Å². The fraction of sp³-hybridized carbons (Fsp3) is 0.652. The molecule has 2 amide bonds. The lowest BCUT2D eigenvalue weighted by molar-refractivity contribution is -0.145. The van der Waals surface area contributed by atoms with Gasteiger partial charge >= 0.3 is 0 Å². The van der Waals surface area contributed by atoms with E-state index in [9.17, 15) is 14.7 Å². The van der Waals surface area contributed by atoms with E-state index in [1.165, 1.54) is 5.56 Å². The Morgan fingerprint density at radius 3 is 2.36 bits per heavy atom. The van der Waals surface area contributed by atoms with Crippen LogP contribution < -0.4 is 5.32 Å². The molecule has 0 bridgehead atoms. The molecule has 2 N–H and O–H groups in total. The topological polar surface area (TPSA) is 69.6 Å². The van der Waals surface area contributed by atoms with Gasteiger partial charge in [-0.1, -0.05) is 30.3 Å². The van der Waals surface area contributed by atoms with Gasteiger partial charge in [0, 0.05) is 25.6 Å². The molecule has 1 atom stereocenters. The van der Waals surface area contributed by atoms with Crippen LogP contribution in [0.1, 0.15) is 63.4 Å². The molecule has 3 aliphatic rings. The first-order valence-corrected chi connectivity index (χ1v) is 10.8. The number of amides is 2. The van der Waals surface area contributed by atoms with Crippen molar-refractivity contribution in [2.45, 2.75) is 75.9 Å². The largest absolute Gasteiger partial charge is 0.389 e. The number of hydrogen-bond acceptors (Lipinski definition) is 3. The number of carbonyl (C=O) groups is 2. The van der Waals surface area contributed by atoms with Crippen LogP contribution in [-0.4, -0.2) is 46.6 Å². The lowest BCUT2D eigenvalue weighted by Gasteiger charge is -2.54. The lowest BCUT2D eigenvalue weighted by Crippen LogP contribution is -2.60. The summed E-state index contributed by atoms with van der Waals surface area (Å²) < 4.78 is 0. The molecule has 4 rings (SSSR count). The van der Waals surface area contributed by atoms with Crippen molar-refractivity contribution in [2.24, 2.45) is 5.41 Å². The van der Waals surface area contributed by atoms with Gasteiger partial charge in [-0.15, -0.1) is 0 Å². The summed E-state index contributed by atoms with van der Waals surface area (Å²) in [6.45, 7) is 1.51. The van der Waals surface area contributed by atoms with Gasteiger partial charge in [0.05, 0.1) is 12.0 Å². The maximum atomic E-state index is 12.5. The normalized spacial score (nSPS) is 24.9. The van der Waals surface area contributed by atoms with E-state index in [2.05, 4.69) is 17.4 Å². The van der Waals surface area contributed by atoms with Crippen molar-refractivity contribution in [2.75, 3.05) is 13.1 Å². The molecule has 3 fully saturated rings. The van der Waals surface area contributed by atoms with Crippen LogP contribution in [-0.2, 0) is 16.0 Å². The molecule has 152 valence electrons. The van der Waals surface area contributed by atoms with Gasteiger partial charge in [-0.25, -0.2) is 0 Å². The number of carbonyl (C=O) groups excluding carboxylic acids is 2. The highest BCUT2D eigenvalue weighted by atomic mass is 16.3. The Morgan fingerprint density at radius 2 is 1.79 bits per heavy atom. The molecule has 5 heteroatoms. The third-order valence-electron chi connectivity index (χ3n) is 7.37. The molecule has 1 saturated heterocycles. The number of aliphatic hydroxyl groups is 1. The number of rotatable bonds is 6. The lowest BCUT2D eigenvalue weighted by atomic mass is 9.59. The maximum absolute atomic E-state index is 12.5. The van der Waals surface area contributed by atoms with Crippen molar-refractivity contribution in [1.29, 1.82) is 0 Å². The van der Waals surface area contributed by atoms with Crippen LogP contribution in [0.3, 0.4) is 0 Å². The average Bonchev–Trinajstić information content (AvgIpc) is 2.69. The van der Waals surface area contributed by atoms with E-state index in [1.54, 1.807) is 0 Å². The van der Waals surface area contributed by atoms with E-state index in [0.717, 1.165) is 64.5 Å². The standard InChI is InChI=1S/C23H32N2O3/c26-20(8-7-18-5-2-1-3-6-18)24-19-9-12-22(19)13-15-25(16-14-22)21(27)17-23(28)10-4-11-23/h1-3,5-6,19,28H,4,7-17H2,(H,24,26). The second kappa shape index (κ2) is 7.86. The molecule has 2 aliphatic carbocycles. The van der Waals surface area contributed by atoms with Gasteiger partial charge in [-0.2, -0.15) is 0 Å². The number of aryl methyl sites for hydroxylation is 1. The van der Waals surface area contributed by atoms with E-state index in [-0.39, 0.29) is 29.7 Å². The molecule has 0 radical (unpaired) electrons. The van der Waals surface area contributed by atoms with Gasteiger partial charge in [0.1, 0.15) is 0 Å². The molecule has 1 unspecified atom stereocenters. The first kappa shape index (κ1) is 19.4. The zero-order valence-electron chi connectivity index (χ0n) is 16.7. The third kappa shape index (κ3) is 4.09. The van der Waals surface area contributed by atoms with E-state index >= 15 is 0 Å². The molecule has 1 aliphatic heterocycles. The van der Waals surface area contributed by atoms with E-state index in [1.807, 2.05) is 23.1 Å². The summed E-state index contributed by atoms with van der Waals surface area (Å²) in [5.41, 5.74) is 0.630. The van der Waals surface area contributed by atoms with E-state index < -0.39 is 5.60 Å². The van der Waals surface area contributed by atoms with Crippen molar-refractivity contribution in [3.8, 4) is 0 Å². The summed E-state index contributed by atoms with van der Waals surface area (Å²) in [5.74, 6) is 0.235. The number of nitrogens with one attached hydrogen (secondary N) is 1. The number of nitrogens with zero attached hydrogens (tertiary/aromatic N) is 1. The molecule has 1 aromatic rings. The zero-order chi connectivity index (χ0) is 19.6. The van der Waals surface area contributed by atoms with Gasteiger partial charge < -0.3 is 15.3 Å². The van der Waals surface area contributed by atoms with E-state index in [0.29, 0.717) is 6.42 Å². The minimum absolute atomic E-state index is 0.0971. The minimum Gasteiger partial charge on any atom is -0.389 e. The Balaban J connectivity index is 1.22. The number of likely N-dealkylation sites (tertiary alicyclic amines) is 1. The summed E-state index contributed by atoms with van der Waals surface area (Å²) in [5, 5.41) is 13.5. The minimum atomic E-state index is -0.738. The summed E-state index contributed by atoms with van der Waals surface area (Å²) in [4.78, 5) is 26.8. The van der Waals surface area contributed by atoms with Crippen molar-refractivity contribution in [3.63, 3.8) is 0 Å². The molecule has 0 aromatic heterocycles. The number of hydrogen-bond donors (Lipinski definition) is 2. The molecule has 5 nitrogen and oxygen atoms in total. The Bertz CT molecular complexity index is 706. The summed E-state index contributed by atoms with van der Waals surface area (Å²) in [7, 11) is 0. The predicted octanol–water partition coefficient (Wildman–Crippen LogP) is 2.81. The van der Waals surface area contributed by atoms with Crippen LogP contribution in [0.4, 0.5) is 0 Å². The fourth-order valence-electron chi connectivity index (χ4n) is 5.05. The van der Waals surface area contributed by atoms with Gasteiger partial charge in [0.2, 0.25) is 11.8 Å². The quantitative estimate of drug-likeness (QED) is 0.792. The van der Waals surface area contributed by atoms with Crippen LogP contribution in [0.2, 0.25) is 0 Å². The summed E-state index contributed by atoms with van der Waals surface area (Å²) in [6.07, 6.45) is 8.23. The molecule has 28 heavy (non-hydrogen) atoms. The predicted molar refractivity (Wildman–Crippen MR) is 108 cm³/mol. The highest BCUT2D eigenvalue weighted by Gasteiger charge is 2.49. The molecule has 1 heterocycles. The summed E-state index contributed by atoms with van der Waals surface area (Å²) in [6, 6.07) is 10.4. The molecular weight excluding hydrogens is 352 g/mol. The number of piperidine rings is 1. The summed E-state index contributed by atoms with van der Waals surface area (Å²) >= 11 is 0. The smallest absolute Gasteiger partial charge is 0.225 e. The molecule has 1 aromatic carbocycles. The van der Waals surface area contributed by atoms with Crippen molar-refractivity contribution in [1.82, 2.24) is 10.2 Å².